The number of fused-ring (bicyclic) bond motifs is 2. The van der Waals surface area contributed by atoms with Gasteiger partial charge in [0.05, 0.1) is 5.39 Å². The van der Waals surface area contributed by atoms with Gasteiger partial charge >= 0.3 is 12.1 Å². The topological polar surface area (TPSA) is 134 Å². The van der Waals surface area contributed by atoms with Crippen LogP contribution in [0.25, 0.3) is 11.0 Å². The smallest absolute Gasteiger partial charge is 0.389 e. The number of alkyl halides is 3. The summed E-state index contributed by atoms with van der Waals surface area (Å²) < 4.78 is 38.8. The van der Waals surface area contributed by atoms with Crippen molar-refractivity contribution in [3.05, 3.63) is 24.0 Å². The molecular formula is C21H22F3N5O5. The fourth-order valence-electron chi connectivity index (χ4n) is 4.47. The molecule has 2 fully saturated rings. The van der Waals surface area contributed by atoms with Crippen molar-refractivity contribution in [2.45, 2.75) is 63.5 Å². The van der Waals surface area contributed by atoms with Gasteiger partial charge in [-0.1, -0.05) is 0 Å². The van der Waals surface area contributed by atoms with E-state index in [1.165, 1.54) is 22.7 Å². The number of piperidine rings is 1. The lowest BCUT2D eigenvalue weighted by Gasteiger charge is -2.28. The molecule has 2 N–H and O–H groups in total. The number of amides is 2. The number of aliphatic carboxylic acids is 1. The second-order valence-electron chi connectivity index (χ2n) is 8.61. The molecule has 34 heavy (non-hydrogen) atoms. The van der Waals surface area contributed by atoms with Crippen molar-refractivity contribution >= 4 is 34.6 Å². The van der Waals surface area contributed by atoms with Crippen molar-refractivity contribution in [1.82, 2.24) is 25.0 Å². The Morgan fingerprint density at radius 2 is 2.00 bits per heavy atom. The fraction of sp³-hybridized carbons (Fsp3) is 0.524. The molecule has 0 radical (unpaired) electrons. The Morgan fingerprint density at radius 1 is 1.26 bits per heavy atom. The van der Waals surface area contributed by atoms with Crippen LogP contribution in [0.2, 0.25) is 0 Å². The van der Waals surface area contributed by atoms with Crippen LogP contribution in [0.4, 0.5) is 13.2 Å². The largest absolute Gasteiger partial charge is 0.480 e. The number of nitrogens with zero attached hydrogens (tertiary/aromatic N) is 4. The first-order chi connectivity index (χ1) is 16.0. The van der Waals surface area contributed by atoms with Crippen LogP contribution in [-0.4, -0.2) is 72.6 Å². The van der Waals surface area contributed by atoms with Crippen molar-refractivity contribution in [2.75, 3.05) is 0 Å². The SMILES string of the molecule is CC(=O)c1nn(CC(=O)N2[C@@H]3C[C@@H]3C[C@H]2C(=O)NC(CCC(F)(F)F)C(=O)O)c2ncccc12. The number of rotatable bonds is 8. The van der Waals surface area contributed by atoms with Crippen LogP contribution in [0.3, 0.4) is 0 Å². The number of hydrogen-bond acceptors (Lipinski definition) is 6. The number of halogens is 3. The van der Waals surface area contributed by atoms with Crippen molar-refractivity contribution in [1.29, 1.82) is 0 Å². The summed E-state index contributed by atoms with van der Waals surface area (Å²) in [7, 11) is 0. The minimum atomic E-state index is -4.56. The third-order valence-corrected chi connectivity index (χ3v) is 6.15. The maximum Gasteiger partial charge on any atom is 0.389 e. The predicted molar refractivity (Wildman–Crippen MR) is 110 cm³/mol. The van der Waals surface area contributed by atoms with E-state index < -0.39 is 48.9 Å². The van der Waals surface area contributed by atoms with E-state index in [0.29, 0.717) is 23.9 Å². The number of ketones is 1. The first kappa shape index (κ1) is 23.6. The van der Waals surface area contributed by atoms with E-state index in [-0.39, 0.29) is 30.0 Å². The Morgan fingerprint density at radius 3 is 2.65 bits per heavy atom. The summed E-state index contributed by atoms with van der Waals surface area (Å²) >= 11 is 0. The maximum absolute atomic E-state index is 13.2. The van der Waals surface area contributed by atoms with Crippen LogP contribution in [0.15, 0.2) is 18.3 Å². The van der Waals surface area contributed by atoms with Gasteiger partial charge in [0, 0.05) is 25.6 Å². The Balaban J connectivity index is 1.50. The molecule has 0 bridgehead atoms. The zero-order valence-electron chi connectivity index (χ0n) is 18.1. The number of aromatic nitrogens is 3. The molecule has 1 aliphatic carbocycles. The van der Waals surface area contributed by atoms with Crippen LogP contribution < -0.4 is 5.32 Å². The lowest BCUT2D eigenvalue weighted by molar-refractivity contribution is -0.149. The number of nitrogens with one attached hydrogen (secondary N) is 1. The highest BCUT2D eigenvalue weighted by Gasteiger charge is 2.56. The fourth-order valence-corrected chi connectivity index (χ4v) is 4.47. The first-order valence-electron chi connectivity index (χ1n) is 10.7. The van der Waals surface area contributed by atoms with Gasteiger partial charge in [0.15, 0.2) is 11.4 Å². The molecule has 1 saturated heterocycles. The number of carbonyl (C=O) groups excluding carboxylic acids is 3. The molecule has 0 spiro atoms. The van der Waals surface area contributed by atoms with E-state index in [0.717, 1.165) is 0 Å². The minimum Gasteiger partial charge on any atom is -0.480 e. The Hall–Kier alpha value is -3.51. The molecule has 10 nitrogen and oxygen atoms in total. The molecule has 1 unspecified atom stereocenters. The number of Topliss-reactive ketones (excluding diaryl/α,β-unsaturated/α-hetero) is 1. The van der Waals surface area contributed by atoms with Gasteiger partial charge in [-0.2, -0.15) is 18.3 Å². The Bertz CT molecular complexity index is 1160. The third kappa shape index (κ3) is 4.73. The number of carbonyl (C=O) groups is 4. The van der Waals surface area contributed by atoms with Gasteiger partial charge in [-0.25, -0.2) is 14.5 Å². The molecule has 2 aromatic heterocycles. The first-order valence-corrected chi connectivity index (χ1v) is 10.7. The number of pyridine rings is 1. The van der Waals surface area contributed by atoms with E-state index in [1.807, 2.05) is 0 Å². The van der Waals surface area contributed by atoms with Crippen LogP contribution in [0.5, 0.6) is 0 Å². The highest BCUT2D eigenvalue weighted by Crippen LogP contribution is 2.48. The summed E-state index contributed by atoms with van der Waals surface area (Å²) in [4.78, 5) is 54.8. The summed E-state index contributed by atoms with van der Waals surface area (Å²) in [6.45, 7) is 1.04. The summed E-state index contributed by atoms with van der Waals surface area (Å²) in [6, 6.07) is 0.370. The number of carboxylic acid groups (broad SMARTS) is 1. The molecule has 4 rings (SSSR count). The van der Waals surface area contributed by atoms with Crippen LogP contribution in [-0.2, 0) is 20.9 Å². The number of hydrogen-bond donors (Lipinski definition) is 2. The number of likely N-dealkylation sites (tertiary alicyclic amines) is 1. The lowest BCUT2D eigenvalue weighted by atomic mass is 10.1. The Kier molecular flexibility index (Phi) is 6.04. The second-order valence-corrected chi connectivity index (χ2v) is 8.61. The van der Waals surface area contributed by atoms with Gasteiger partial charge in [0.1, 0.15) is 24.3 Å². The van der Waals surface area contributed by atoms with E-state index in [9.17, 15) is 37.5 Å². The molecule has 1 saturated carbocycles. The van der Waals surface area contributed by atoms with Gasteiger partial charge in [-0.15, -0.1) is 0 Å². The second kappa shape index (κ2) is 8.69. The van der Waals surface area contributed by atoms with Crippen molar-refractivity contribution in [2.24, 2.45) is 5.92 Å². The molecule has 2 aliphatic rings. The molecule has 1 aliphatic heterocycles. The van der Waals surface area contributed by atoms with Crippen molar-refractivity contribution in [3.63, 3.8) is 0 Å². The number of carboxylic acids is 1. The van der Waals surface area contributed by atoms with E-state index in [2.05, 4.69) is 15.4 Å². The summed E-state index contributed by atoms with van der Waals surface area (Å²) in [5.74, 6) is -3.09. The standard InChI is InChI=1S/C21H22F3N5O5/c1-10(30)17-12-3-2-6-25-18(12)28(27-17)9-16(31)29-14-7-11(14)8-15(29)19(32)26-13(20(33)34)4-5-21(22,23)24/h2-3,6,11,13-15H,4-5,7-9H2,1H3,(H,26,32)(H,33,34)/t11-,13?,14-,15+/m1/s1. The molecule has 3 heterocycles. The molecular weight excluding hydrogens is 459 g/mol. The van der Waals surface area contributed by atoms with Crippen molar-refractivity contribution in [3.8, 4) is 0 Å². The van der Waals surface area contributed by atoms with E-state index >= 15 is 0 Å². The van der Waals surface area contributed by atoms with Crippen LogP contribution >= 0.6 is 0 Å². The summed E-state index contributed by atoms with van der Waals surface area (Å²) in [5, 5.41) is 16.1. The van der Waals surface area contributed by atoms with Crippen LogP contribution in [0, 0.1) is 5.92 Å². The average Bonchev–Trinajstić information content (AvgIpc) is 3.25. The normalized spacial score (nSPS) is 22.4. The highest BCUT2D eigenvalue weighted by molar-refractivity contribution is 6.04. The zero-order chi connectivity index (χ0) is 24.8. The van der Waals surface area contributed by atoms with Gasteiger partial charge in [0.25, 0.3) is 0 Å². The highest BCUT2D eigenvalue weighted by atomic mass is 19.4. The quantitative estimate of drug-likeness (QED) is 0.546. The molecule has 182 valence electrons. The molecule has 0 aromatic carbocycles. The summed E-state index contributed by atoms with van der Waals surface area (Å²) in [6.07, 6.45) is -4.26. The zero-order valence-corrected chi connectivity index (χ0v) is 18.1. The third-order valence-electron chi connectivity index (χ3n) is 6.15. The van der Waals surface area contributed by atoms with Crippen LogP contribution in [0.1, 0.15) is 43.1 Å². The predicted octanol–water partition coefficient (Wildman–Crippen LogP) is 1.54. The van der Waals surface area contributed by atoms with Crippen molar-refractivity contribution < 1.29 is 37.5 Å². The van der Waals surface area contributed by atoms with E-state index in [4.69, 9.17) is 0 Å². The molecule has 2 aromatic rings. The van der Waals surface area contributed by atoms with Gasteiger partial charge in [-0.3, -0.25) is 14.4 Å². The van der Waals surface area contributed by atoms with Gasteiger partial charge < -0.3 is 15.3 Å². The molecule has 4 atom stereocenters. The average molecular weight is 481 g/mol. The monoisotopic (exact) mass is 481 g/mol. The summed E-state index contributed by atoms with van der Waals surface area (Å²) in [5.41, 5.74) is 0.483. The Labute approximate surface area is 191 Å². The minimum absolute atomic E-state index is 0.0680. The lowest BCUT2D eigenvalue weighted by Crippen LogP contribution is -2.52. The van der Waals surface area contributed by atoms with Gasteiger partial charge in [0.2, 0.25) is 11.8 Å². The van der Waals surface area contributed by atoms with Gasteiger partial charge in [-0.05, 0) is 37.3 Å². The molecule has 2 amide bonds. The van der Waals surface area contributed by atoms with E-state index in [1.54, 1.807) is 12.1 Å². The maximum atomic E-state index is 13.2. The molecule has 13 heteroatoms.